The molecule has 0 fully saturated rings. The van der Waals surface area contributed by atoms with Crippen molar-refractivity contribution in [1.82, 2.24) is 4.72 Å². The Kier molecular flexibility index (Phi) is 9.00. The predicted octanol–water partition coefficient (Wildman–Crippen LogP) is 6.62. The first-order chi connectivity index (χ1) is 16.0. The summed E-state index contributed by atoms with van der Waals surface area (Å²) in [5.41, 5.74) is -1.14. The van der Waals surface area contributed by atoms with Gasteiger partial charge in [0.25, 0.3) is 0 Å². The SMILES string of the molecule is CCOC(=O)C[C@H](N[S+]([O-])C(C)(C)C)c1c(F)c(-c2c(C)cc(C)cc2C)cc(C(F)(F)F)c1F. The molecule has 1 unspecified atom stereocenters. The van der Waals surface area contributed by atoms with Crippen LogP contribution >= 0.6 is 0 Å². The Bertz CT molecular complexity index is 1070. The van der Waals surface area contributed by atoms with Crippen molar-refractivity contribution < 1.29 is 36.0 Å². The number of ether oxygens (including phenoxy) is 1. The standard InChI is InChI=1S/C25H30F5NO3S/c1-8-34-19(32)12-18(31-35(33)24(5,6)7)21-22(26)16(11-17(23(21)27)25(28,29)30)20-14(3)9-13(2)10-15(20)4/h9-11,18,31H,8,12H2,1-7H3/t18-,35?/m0/s1. The fourth-order valence-corrected chi connectivity index (χ4v) is 4.66. The van der Waals surface area contributed by atoms with E-state index in [1.165, 1.54) is 6.92 Å². The number of carbonyl (C=O) groups excluding carboxylic acids is 1. The van der Waals surface area contributed by atoms with Crippen LogP contribution in [-0.4, -0.2) is 21.9 Å². The zero-order chi connectivity index (χ0) is 26.9. The largest absolute Gasteiger partial charge is 0.598 e. The van der Waals surface area contributed by atoms with Crippen LogP contribution in [0.15, 0.2) is 18.2 Å². The van der Waals surface area contributed by atoms with Crippen LogP contribution in [0.25, 0.3) is 11.1 Å². The van der Waals surface area contributed by atoms with Gasteiger partial charge >= 0.3 is 12.1 Å². The van der Waals surface area contributed by atoms with Crippen LogP contribution in [0.5, 0.6) is 0 Å². The molecular formula is C25H30F5NO3S. The van der Waals surface area contributed by atoms with E-state index >= 15 is 8.78 Å². The molecule has 194 valence electrons. The summed E-state index contributed by atoms with van der Waals surface area (Å²) in [5, 5.41) is 0. The van der Waals surface area contributed by atoms with Gasteiger partial charge in [0.15, 0.2) is 0 Å². The highest BCUT2D eigenvalue weighted by atomic mass is 32.2. The predicted molar refractivity (Wildman–Crippen MR) is 126 cm³/mol. The van der Waals surface area contributed by atoms with Gasteiger partial charge in [-0.25, -0.2) is 8.78 Å². The minimum absolute atomic E-state index is 0.0471. The molecule has 4 nitrogen and oxygen atoms in total. The smallest absolute Gasteiger partial charge is 0.419 e. The molecule has 0 aliphatic carbocycles. The Balaban J connectivity index is 2.89. The van der Waals surface area contributed by atoms with E-state index in [1.54, 1.807) is 53.7 Å². The van der Waals surface area contributed by atoms with Crippen LogP contribution in [0, 0.1) is 32.4 Å². The number of carbonyl (C=O) groups is 1. The lowest BCUT2D eigenvalue weighted by atomic mass is 9.88. The van der Waals surface area contributed by atoms with Gasteiger partial charge in [-0.3, -0.25) is 4.79 Å². The van der Waals surface area contributed by atoms with Crippen LogP contribution in [0.1, 0.15) is 68.0 Å². The third kappa shape index (κ3) is 6.74. The van der Waals surface area contributed by atoms with Gasteiger partial charge in [-0.05, 0) is 71.2 Å². The summed E-state index contributed by atoms with van der Waals surface area (Å²) in [5.74, 6) is -4.04. The second-order valence-corrected chi connectivity index (χ2v) is 11.3. The lowest BCUT2D eigenvalue weighted by Crippen LogP contribution is -2.42. The number of rotatable bonds is 7. The van der Waals surface area contributed by atoms with Crippen LogP contribution < -0.4 is 4.72 Å². The summed E-state index contributed by atoms with van der Waals surface area (Å²) < 4.78 is 92.2. The van der Waals surface area contributed by atoms with Gasteiger partial charge in [0, 0.05) is 22.5 Å². The minimum Gasteiger partial charge on any atom is -0.598 e. The Morgan fingerprint density at radius 3 is 2.06 bits per heavy atom. The summed E-state index contributed by atoms with van der Waals surface area (Å²) in [6.45, 7) is 11.2. The molecular weight excluding hydrogens is 489 g/mol. The number of alkyl halides is 3. The van der Waals surface area contributed by atoms with Gasteiger partial charge in [0.2, 0.25) is 0 Å². The summed E-state index contributed by atoms with van der Waals surface area (Å²) in [6, 6.07) is 2.13. The maximum absolute atomic E-state index is 16.0. The summed E-state index contributed by atoms with van der Waals surface area (Å²) in [6.07, 6.45) is -5.87. The highest BCUT2D eigenvalue weighted by Crippen LogP contribution is 2.42. The first kappa shape index (κ1) is 29.1. The zero-order valence-corrected chi connectivity index (χ0v) is 21.6. The number of benzene rings is 2. The Labute approximate surface area is 205 Å². The first-order valence-electron chi connectivity index (χ1n) is 11.0. The van der Waals surface area contributed by atoms with Crippen molar-refractivity contribution in [2.75, 3.05) is 6.61 Å². The van der Waals surface area contributed by atoms with E-state index in [0.29, 0.717) is 17.2 Å². The second kappa shape index (κ2) is 10.8. The lowest BCUT2D eigenvalue weighted by molar-refractivity contribution is -0.143. The monoisotopic (exact) mass is 519 g/mol. The van der Waals surface area contributed by atoms with E-state index in [9.17, 15) is 22.5 Å². The molecule has 10 heteroatoms. The van der Waals surface area contributed by atoms with Crippen LogP contribution in [0.2, 0.25) is 0 Å². The molecule has 0 aromatic heterocycles. The zero-order valence-electron chi connectivity index (χ0n) is 20.7. The van der Waals surface area contributed by atoms with E-state index in [2.05, 4.69) is 4.72 Å². The summed E-state index contributed by atoms with van der Waals surface area (Å²) >= 11 is -1.97. The number of hydrogen-bond donors (Lipinski definition) is 1. The maximum Gasteiger partial charge on any atom is 0.419 e. The Morgan fingerprint density at radius 2 is 1.60 bits per heavy atom. The lowest BCUT2D eigenvalue weighted by Gasteiger charge is -2.29. The number of halogens is 5. The third-order valence-electron chi connectivity index (χ3n) is 5.32. The average Bonchev–Trinajstić information content (AvgIpc) is 2.67. The van der Waals surface area contributed by atoms with Crippen molar-refractivity contribution in [1.29, 1.82) is 0 Å². The van der Waals surface area contributed by atoms with Crippen molar-refractivity contribution in [3.63, 3.8) is 0 Å². The molecule has 0 saturated carbocycles. The van der Waals surface area contributed by atoms with Gasteiger partial charge < -0.3 is 9.29 Å². The fraction of sp³-hybridized carbons (Fsp3) is 0.480. The van der Waals surface area contributed by atoms with E-state index < -0.39 is 69.0 Å². The second-order valence-electron chi connectivity index (χ2n) is 9.35. The summed E-state index contributed by atoms with van der Waals surface area (Å²) in [4.78, 5) is 12.2. The molecule has 0 saturated heterocycles. The van der Waals surface area contributed by atoms with E-state index in [-0.39, 0.29) is 12.2 Å². The van der Waals surface area contributed by atoms with Gasteiger partial charge in [0.05, 0.1) is 24.6 Å². The summed E-state index contributed by atoms with van der Waals surface area (Å²) in [7, 11) is 0. The van der Waals surface area contributed by atoms with Crippen molar-refractivity contribution >= 4 is 17.3 Å². The topological polar surface area (TPSA) is 61.4 Å². The van der Waals surface area contributed by atoms with Gasteiger partial charge in [-0.1, -0.05) is 17.7 Å². The van der Waals surface area contributed by atoms with Crippen LogP contribution in [0.4, 0.5) is 22.0 Å². The third-order valence-corrected chi connectivity index (χ3v) is 6.93. The molecule has 0 bridgehead atoms. The number of aryl methyl sites for hydroxylation is 3. The van der Waals surface area contributed by atoms with Gasteiger partial charge in [-0.15, -0.1) is 4.72 Å². The first-order valence-corrected chi connectivity index (χ1v) is 12.1. The molecule has 1 N–H and O–H groups in total. The van der Waals surface area contributed by atoms with Crippen LogP contribution in [0.3, 0.4) is 0 Å². The molecule has 2 aromatic carbocycles. The van der Waals surface area contributed by atoms with Crippen molar-refractivity contribution in [3.8, 4) is 11.1 Å². The molecule has 0 spiro atoms. The Morgan fingerprint density at radius 1 is 1.06 bits per heavy atom. The van der Waals surface area contributed by atoms with Crippen molar-refractivity contribution in [3.05, 3.63) is 57.7 Å². The molecule has 0 amide bonds. The fourth-order valence-electron chi connectivity index (χ4n) is 3.85. The van der Waals surface area contributed by atoms with Crippen molar-refractivity contribution in [2.24, 2.45) is 0 Å². The highest BCUT2D eigenvalue weighted by Gasteiger charge is 2.41. The molecule has 0 radical (unpaired) electrons. The normalized spacial score (nSPS) is 14.1. The maximum atomic E-state index is 16.0. The molecule has 0 heterocycles. The van der Waals surface area contributed by atoms with Gasteiger partial charge in [0.1, 0.15) is 16.4 Å². The minimum atomic E-state index is -5.15. The average molecular weight is 520 g/mol. The Hall–Kier alpha value is -2.17. The molecule has 0 aliphatic heterocycles. The van der Waals surface area contributed by atoms with Crippen molar-refractivity contribution in [2.45, 2.75) is 71.9 Å². The van der Waals surface area contributed by atoms with Crippen LogP contribution in [-0.2, 0) is 27.1 Å². The van der Waals surface area contributed by atoms with E-state index in [1.807, 2.05) is 0 Å². The highest BCUT2D eigenvalue weighted by molar-refractivity contribution is 7.90. The molecule has 2 rings (SSSR count). The van der Waals surface area contributed by atoms with Gasteiger partial charge in [-0.2, -0.15) is 13.2 Å². The van der Waals surface area contributed by atoms with E-state index in [4.69, 9.17) is 4.74 Å². The van der Waals surface area contributed by atoms with E-state index in [0.717, 1.165) is 5.56 Å². The molecule has 2 aromatic rings. The quantitative estimate of drug-likeness (QED) is 0.254. The number of esters is 1. The number of nitrogens with one attached hydrogen (secondary N) is 1. The molecule has 0 aliphatic rings. The molecule has 35 heavy (non-hydrogen) atoms. The molecule has 2 atom stereocenters. The number of hydrogen-bond acceptors (Lipinski definition) is 4.